The van der Waals surface area contributed by atoms with Crippen LogP contribution in [0.3, 0.4) is 0 Å². The van der Waals surface area contributed by atoms with Gasteiger partial charge in [0, 0.05) is 25.7 Å². The number of phenolic OH excluding ortho intramolecular Hbond substituents is 5. The lowest BCUT2D eigenvalue weighted by atomic mass is 10.0. The molecule has 5 heterocycles. The van der Waals surface area contributed by atoms with E-state index in [1.165, 1.54) is 11.1 Å². The molecule has 5 aromatic rings. The molecule has 5 fully saturated rings. The van der Waals surface area contributed by atoms with Gasteiger partial charge in [-0.05, 0) is 166 Å². The Morgan fingerprint density at radius 1 is 0.377 bits per heavy atom. The maximum atomic E-state index is 11.5. The van der Waals surface area contributed by atoms with E-state index >= 15 is 0 Å². The quantitative estimate of drug-likeness (QED) is 0.0407. The predicted molar refractivity (Wildman–Crippen MR) is 292 cm³/mol. The van der Waals surface area contributed by atoms with E-state index in [2.05, 4.69) is 0 Å². The van der Waals surface area contributed by atoms with Crippen LogP contribution in [0.15, 0.2) is 60.7 Å². The first kappa shape index (κ1) is 60.0. The number of carbonyl (C=O) groups excluding carboxylic acids is 2. The van der Waals surface area contributed by atoms with E-state index in [0.717, 1.165) is 105 Å². The van der Waals surface area contributed by atoms with Crippen LogP contribution in [0, 0.1) is 69.2 Å². The summed E-state index contributed by atoms with van der Waals surface area (Å²) in [6.45, 7) is 24.9. The first-order valence-corrected chi connectivity index (χ1v) is 26.5. The summed E-state index contributed by atoms with van der Waals surface area (Å²) in [4.78, 5) is 22.9. The van der Waals surface area contributed by atoms with Gasteiger partial charge in [-0.2, -0.15) is 0 Å². The SMILES string of the molecule is Cc1cc(CC2CO2)cc(C)c1O.Cc1cc(CC2CO2)cc(C)c1O.Cc1cc(CCC(=O)OCC2CO2)cc(C)c1O.Cc1cc(CCC(=O)OCC2CO2)cc(C)c1O.Cc1cc(COCC2CO2)cc(C)c1O. The van der Waals surface area contributed by atoms with Crippen LogP contribution in [0.25, 0.3) is 0 Å². The zero-order valence-electron chi connectivity index (χ0n) is 46.6. The normalized spacial score (nSPS) is 18.8. The molecule has 0 saturated carbocycles. The number of phenols is 5. The van der Waals surface area contributed by atoms with Crippen LogP contribution in [0.4, 0.5) is 0 Å². The van der Waals surface area contributed by atoms with Crippen molar-refractivity contribution in [2.75, 3.05) is 52.9 Å². The molecule has 10 rings (SSSR count). The van der Waals surface area contributed by atoms with Crippen molar-refractivity contribution < 1.29 is 73.0 Å². The van der Waals surface area contributed by atoms with Crippen LogP contribution < -0.4 is 0 Å². The smallest absolute Gasteiger partial charge is 0.306 e. The number of ether oxygens (including phenoxy) is 8. The second-order valence-electron chi connectivity index (χ2n) is 21.0. The molecule has 5 aromatic carbocycles. The highest BCUT2D eigenvalue weighted by Crippen LogP contribution is 2.29. The summed E-state index contributed by atoms with van der Waals surface area (Å²) in [6.07, 6.45) is 5.31. The maximum absolute atomic E-state index is 11.5. The van der Waals surface area contributed by atoms with Crippen molar-refractivity contribution in [2.24, 2.45) is 0 Å². The zero-order valence-corrected chi connectivity index (χ0v) is 46.6. The third-order valence-electron chi connectivity index (χ3n) is 13.4. The number of hydrogen-bond acceptors (Lipinski definition) is 15. The van der Waals surface area contributed by atoms with Crippen molar-refractivity contribution in [1.82, 2.24) is 0 Å². The van der Waals surface area contributed by atoms with Crippen LogP contribution in [0.5, 0.6) is 28.7 Å². The second kappa shape index (κ2) is 28.4. The van der Waals surface area contributed by atoms with Crippen LogP contribution in [0.2, 0.25) is 0 Å². The number of benzene rings is 5. The molecule has 0 bridgehead atoms. The molecule has 5 aliphatic heterocycles. The molecule has 0 amide bonds. The van der Waals surface area contributed by atoms with Crippen molar-refractivity contribution in [3.05, 3.63) is 144 Å². The molecule has 15 heteroatoms. The van der Waals surface area contributed by atoms with Crippen LogP contribution >= 0.6 is 0 Å². The highest BCUT2D eigenvalue weighted by atomic mass is 16.6. The van der Waals surface area contributed by atoms with Crippen molar-refractivity contribution in [3.8, 4) is 28.7 Å². The Hall–Kier alpha value is -6.20. The van der Waals surface area contributed by atoms with Gasteiger partial charge in [-0.25, -0.2) is 0 Å². The van der Waals surface area contributed by atoms with E-state index in [0.29, 0.717) is 112 Å². The minimum atomic E-state index is -0.200. The van der Waals surface area contributed by atoms with E-state index in [1.807, 2.05) is 130 Å². The standard InChI is InChI=1S/2C14H18O4.C12H16O3.2C11H14O2/c2*1-9-5-11(6-10(2)14(9)16)3-4-13(15)18-8-12-7-17-12;1-8-3-10(4-9(2)12(8)13)5-14-6-11-7-15-11;2*1-7-3-9(5-10-6-13-10)4-8(2)11(7)12/h2*5-6,12,16H,3-4,7-8H2,1-2H3;3-4,11,13H,5-7H2,1-2H3;2*3-4,10,12H,5-6H2,1-2H3. The lowest BCUT2D eigenvalue weighted by molar-refractivity contribution is -0.144. The summed E-state index contributed by atoms with van der Waals surface area (Å²) >= 11 is 0. The fraction of sp³-hybridized carbons (Fsp3) is 0.484. The van der Waals surface area contributed by atoms with Crippen LogP contribution in [-0.2, 0) is 79.8 Å². The van der Waals surface area contributed by atoms with E-state index in [1.54, 1.807) is 0 Å². The van der Waals surface area contributed by atoms with E-state index in [4.69, 9.17) is 37.9 Å². The Bertz CT molecular complexity index is 2510. The predicted octanol–water partition coefficient (Wildman–Crippen LogP) is 9.59. The topological polar surface area (TPSA) is 226 Å². The summed E-state index contributed by atoms with van der Waals surface area (Å²) in [5, 5.41) is 48.0. The van der Waals surface area contributed by atoms with Gasteiger partial charge in [0.05, 0.1) is 58.5 Å². The number of epoxide rings is 5. The summed E-state index contributed by atoms with van der Waals surface area (Å²) in [5.74, 6) is 1.47. The van der Waals surface area contributed by atoms with Gasteiger partial charge in [0.25, 0.3) is 0 Å². The number of esters is 2. The van der Waals surface area contributed by atoms with Crippen molar-refractivity contribution >= 4 is 11.9 Å². The maximum Gasteiger partial charge on any atom is 0.306 e. The van der Waals surface area contributed by atoms with E-state index in [9.17, 15) is 35.1 Å². The van der Waals surface area contributed by atoms with Gasteiger partial charge in [-0.1, -0.05) is 60.7 Å². The highest BCUT2D eigenvalue weighted by molar-refractivity contribution is 5.70. The molecule has 15 nitrogen and oxygen atoms in total. The minimum Gasteiger partial charge on any atom is -0.507 e. The first-order chi connectivity index (χ1) is 36.6. The molecule has 0 aliphatic carbocycles. The van der Waals surface area contributed by atoms with E-state index in [-0.39, 0.29) is 24.1 Å². The van der Waals surface area contributed by atoms with Crippen LogP contribution in [-0.4, -0.2) is 121 Å². The largest absolute Gasteiger partial charge is 0.507 e. The lowest BCUT2D eigenvalue weighted by Crippen LogP contribution is -2.10. The zero-order chi connectivity index (χ0) is 55.9. The summed E-state index contributed by atoms with van der Waals surface area (Å²) in [6, 6.07) is 19.6. The third kappa shape index (κ3) is 21.3. The van der Waals surface area contributed by atoms with E-state index < -0.39 is 0 Å². The lowest BCUT2D eigenvalue weighted by Gasteiger charge is -2.08. The Morgan fingerprint density at radius 3 is 0.870 bits per heavy atom. The molecular formula is C62H80O15. The molecule has 5 N–H and O–H groups in total. The molecule has 0 aromatic heterocycles. The van der Waals surface area contributed by atoms with Crippen molar-refractivity contribution in [2.45, 2.75) is 145 Å². The number of hydrogen-bond donors (Lipinski definition) is 5. The summed E-state index contributed by atoms with van der Waals surface area (Å²) < 4.78 is 40.9. The fourth-order valence-corrected chi connectivity index (χ4v) is 8.54. The average Bonchev–Trinajstić information content (AvgIpc) is 4.15. The summed E-state index contributed by atoms with van der Waals surface area (Å²) in [5.41, 5.74) is 14.7. The Kier molecular flexibility index (Phi) is 22.2. The van der Waals surface area contributed by atoms with Crippen molar-refractivity contribution in [3.63, 3.8) is 0 Å². The monoisotopic (exact) mass is 1060 g/mol. The highest BCUT2D eigenvalue weighted by Gasteiger charge is 2.26. The van der Waals surface area contributed by atoms with Gasteiger partial charge in [0.1, 0.15) is 60.3 Å². The Morgan fingerprint density at radius 2 is 0.610 bits per heavy atom. The molecular weight excluding hydrogens is 985 g/mol. The molecule has 0 spiro atoms. The molecule has 77 heavy (non-hydrogen) atoms. The Labute approximate surface area is 454 Å². The molecule has 0 radical (unpaired) electrons. The van der Waals surface area contributed by atoms with Gasteiger partial charge in [-0.15, -0.1) is 0 Å². The average molecular weight is 1070 g/mol. The van der Waals surface area contributed by atoms with Gasteiger partial charge >= 0.3 is 11.9 Å². The number of carbonyl (C=O) groups is 2. The second-order valence-corrected chi connectivity index (χ2v) is 21.0. The van der Waals surface area contributed by atoms with Gasteiger partial charge < -0.3 is 63.4 Å². The van der Waals surface area contributed by atoms with Gasteiger partial charge in [0.2, 0.25) is 0 Å². The summed E-state index contributed by atoms with van der Waals surface area (Å²) in [7, 11) is 0. The fourth-order valence-electron chi connectivity index (χ4n) is 8.54. The van der Waals surface area contributed by atoms with Gasteiger partial charge in [-0.3, -0.25) is 9.59 Å². The minimum absolute atomic E-state index is 0.118. The molecule has 5 saturated heterocycles. The number of rotatable bonds is 18. The van der Waals surface area contributed by atoms with Crippen molar-refractivity contribution in [1.29, 1.82) is 0 Å². The first-order valence-electron chi connectivity index (χ1n) is 26.5. The molecule has 5 unspecified atom stereocenters. The molecule has 418 valence electrons. The number of aromatic hydroxyl groups is 5. The molecule has 5 atom stereocenters. The van der Waals surface area contributed by atoms with Gasteiger partial charge in [0.15, 0.2) is 0 Å². The third-order valence-corrected chi connectivity index (χ3v) is 13.4. The number of aryl methyl sites for hydroxylation is 12. The molecule has 5 aliphatic rings. The van der Waals surface area contributed by atoms with Crippen LogP contribution in [0.1, 0.15) is 96.3 Å². The Balaban J connectivity index is 0.000000157.